The van der Waals surface area contributed by atoms with Crippen LogP contribution in [-0.2, 0) is 24.3 Å². The summed E-state index contributed by atoms with van der Waals surface area (Å²) in [5.74, 6) is -3.84. The number of nitrogens with zero attached hydrogens (tertiary/aromatic N) is 1. The summed E-state index contributed by atoms with van der Waals surface area (Å²) in [6, 6.07) is 4.89. The lowest BCUT2D eigenvalue weighted by Crippen LogP contribution is -2.49. The first-order valence-electron chi connectivity index (χ1n) is 12.3. The van der Waals surface area contributed by atoms with Gasteiger partial charge in [-0.05, 0) is 30.7 Å². The Hall–Kier alpha value is -2.91. The number of carboxylic acid groups (broad SMARTS) is 2. The molecular weight excluding hydrogens is 547 g/mol. The molecule has 0 saturated carbocycles. The lowest BCUT2D eigenvalue weighted by atomic mass is 10.1. The number of nitrogens with one attached hydrogen (secondary N) is 2. The molecule has 0 bridgehead atoms. The number of likely N-dealkylation sites (N-methyl/N-ethyl adjacent to an activating group) is 1. The van der Waals surface area contributed by atoms with Crippen molar-refractivity contribution in [1.82, 2.24) is 4.72 Å². The molecule has 0 aromatic heterocycles. The Balaban J connectivity index is 0.00000181. The minimum atomic E-state index is -5.08. The molecule has 1 aromatic rings. The maximum absolute atomic E-state index is 12.7. The number of hydrogen-bond donors (Lipinski definition) is 4. The van der Waals surface area contributed by atoms with E-state index in [2.05, 4.69) is 17.0 Å². The largest absolute Gasteiger partial charge is 0.490 e. The highest BCUT2D eigenvalue weighted by Crippen LogP contribution is 2.16. The van der Waals surface area contributed by atoms with Crippen LogP contribution in [0.15, 0.2) is 29.2 Å². The van der Waals surface area contributed by atoms with E-state index in [1.54, 1.807) is 0 Å². The molecule has 0 heterocycles. The van der Waals surface area contributed by atoms with E-state index in [9.17, 15) is 31.2 Å². The number of anilines is 1. The van der Waals surface area contributed by atoms with Crippen LogP contribution in [0.3, 0.4) is 0 Å². The van der Waals surface area contributed by atoms with Gasteiger partial charge in [-0.15, -0.1) is 0 Å². The molecule has 15 heteroatoms. The highest BCUT2D eigenvalue weighted by molar-refractivity contribution is 7.89. The molecule has 0 spiro atoms. The zero-order valence-corrected chi connectivity index (χ0v) is 23.4. The molecule has 0 aliphatic rings. The average molecular weight is 587 g/mol. The highest BCUT2D eigenvalue weighted by atomic mass is 32.2. The molecule has 224 valence electrons. The fourth-order valence-electron chi connectivity index (χ4n) is 3.22. The smallest absolute Gasteiger partial charge is 0.481 e. The summed E-state index contributed by atoms with van der Waals surface area (Å²) in [6.07, 6.45) is 0.571. The van der Waals surface area contributed by atoms with E-state index in [1.807, 2.05) is 21.1 Å². The minimum absolute atomic E-state index is 0.0136. The standard InChI is InChI=1S/C22H37N3O6S.C2HF3O2/c1-5-6-7-8-9-10-15-31-22(28)23-18-11-13-20(14-12-18)32(29,30)24-19(16-21(26)27)17-25(2,3)4;3-2(4,5)1(6)7/h11-14,19,24H,5-10,15-17H2,1-4H3,(H-,23,26,27,28);(H,6,7)/p+1/t19-;/m1./s1. The number of ether oxygens (including phenoxy) is 1. The predicted molar refractivity (Wildman–Crippen MR) is 138 cm³/mol. The van der Waals surface area contributed by atoms with Crippen molar-refractivity contribution in [3.05, 3.63) is 24.3 Å². The first-order chi connectivity index (χ1) is 17.9. The van der Waals surface area contributed by atoms with Gasteiger partial charge in [-0.2, -0.15) is 13.2 Å². The van der Waals surface area contributed by atoms with Crippen LogP contribution in [0.1, 0.15) is 51.9 Å². The van der Waals surface area contributed by atoms with E-state index in [4.69, 9.17) is 19.7 Å². The quantitative estimate of drug-likeness (QED) is 0.177. The van der Waals surface area contributed by atoms with Gasteiger partial charge in [-0.1, -0.05) is 39.0 Å². The van der Waals surface area contributed by atoms with Crippen molar-refractivity contribution in [3.8, 4) is 0 Å². The van der Waals surface area contributed by atoms with Crippen molar-refractivity contribution in [3.63, 3.8) is 0 Å². The van der Waals surface area contributed by atoms with Gasteiger partial charge in [-0.25, -0.2) is 22.7 Å². The maximum Gasteiger partial charge on any atom is 0.490 e. The first kappa shape index (κ1) is 36.1. The number of sulfonamides is 1. The van der Waals surface area contributed by atoms with E-state index < -0.39 is 40.3 Å². The summed E-state index contributed by atoms with van der Waals surface area (Å²) in [7, 11) is 1.65. The number of carbonyl (C=O) groups excluding carboxylic acids is 1. The molecule has 1 aromatic carbocycles. The van der Waals surface area contributed by atoms with Crippen molar-refractivity contribution in [2.75, 3.05) is 39.6 Å². The van der Waals surface area contributed by atoms with Crippen LogP contribution in [-0.4, -0.2) is 87.7 Å². The summed E-state index contributed by atoms with van der Waals surface area (Å²) in [6.45, 7) is 2.82. The van der Waals surface area contributed by atoms with E-state index in [-0.39, 0.29) is 11.3 Å². The Kier molecular flexibility index (Phi) is 15.7. The molecule has 1 rings (SSSR count). The normalized spacial score (nSPS) is 12.6. The van der Waals surface area contributed by atoms with Crippen LogP contribution in [0.4, 0.5) is 23.7 Å². The van der Waals surface area contributed by atoms with Crippen LogP contribution >= 0.6 is 0 Å². The number of hydrogen-bond acceptors (Lipinski definition) is 6. The number of rotatable bonds is 15. The lowest BCUT2D eigenvalue weighted by molar-refractivity contribution is -0.871. The van der Waals surface area contributed by atoms with Gasteiger partial charge in [-0.3, -0.25) is 10.1 Å². The number of aliphatic carboxylic acids is 2. The number of benzene rings is 1. The van der Waals surface area contributed by atoms with Crippen LogP contribution in [0.25, 0.3) is 0 Å². The molecule has 4 N–H and O–H groups in total. The Labute approximate surface area is 227 Å². The number of amides is 1. The van der Waals surface area contributed by atoms with Gasteiger partial charge in [0.15, 0.2) is 0 Å². The summed E-state index contributed by atoms with van der Waals surface area (Å²) < 4.78 is 65.1. The van der Waals surface area contributed by atoms with Crippen molar-refractivity contribution in [2.45, 2.75) is 69.0 Å². The molecule has 11 nitrogen and oxygen atoms in total. The van der Waals surface area contributed by atoms with E-state index in [1.165, 1.54) is 43.5 Å². The Bertz CT molecular complexity index is 1010. The van der Waals surface area contributed by atoms with Crippen molar-refractivity contribution in [2.24, 2.45) is 0 Å². The second-order valence-corrected chi connectivity index (χ2v) is 11.5. The van der Waals surface area contributed by atoms with E-state index in [0.717, 1.165) is 19.3 Å². The molecule has 0 radical (unpaired) electrons. The number of quaternary nitrogens is 1. The number of halogens is 3. The number of alkyl halides is 3. The third-order valence-corrected chi connectivity index (χ3v) is 6.43. The number of unbranched alkanes of at least 4 members (excludes halogenated alkanes) is 5. The van der Waals surface area contributed by atoms with Gasteiger partial charge >= 0.3 is 24.2 Å². The molecule has 39 heavy (non-hydrogen) atoms. The van der Waals surface area contributed by atoms with Crippen LogP contribution in [0.5, 0.6) is 0 Å². The fraction of sp³-hybridized carbons (Fsp3) is 0.625. The monoisotopic (exact) mass is 586 g/mol. The third kappa shape index (κ3) is 18.1. The van der Waals surface area contributed by atoms with Gasteiger partial charge in [0.25, 0.3) is 0 Å². The highest BCUT2D eigenvalue weighted by Gasteiger charge is 2.38. The van der Waals surface area contributed by atoms with Gasteiger partial charge in [0.2, 0.25) is 10.0 Å². The molecular formula is C24H39F3N3O8S+. The number of carbonyl (C=O) groups is 3. The summed E-state index contributed by atoms with van der Waals surface area (Å²) in [5, 5.41) is 18.8. The second kappa shape index (κ2) is 16.9. The third-order valence-electron chi connectivity index (χ3n) is 4.90. The Morgan fingerprint density at radius 3 is 1.95 bits per heavy atom. The van der Waals surface area contributed by atoms with Crippen LogP contribution < -0.4 is 10.0 Å². The summed E-state index contributed by atoms with van der Waals surface area (Å²) in [4.78, 5) is 31.9. The predicted octanol–water partition coefficient (Wildman–Crippen LogP) is 4.06. The fourth-order valence-corrected chi connectivity index (χ4v) is 4.45. The zero-order chi connectivity index (χ0) is 30.3. The summed E-state index contributed by atoms with van der Waals surface area (Å²) in [5.41, 5.74) is 0.408. The van der Waals surface area contributed by atoms with E-state index in [0.29, 0.717) is 23.3 Å². The number of carboxylic acids is 2. The molecule has 1 amide bonds. The first-order valence-corrected chi connectivity index (χ1v) is 13.7. The minimum Gasteiger partial charge on any atom is -0.481 e. The molecule has 0 aliphatic heterocycles. The second-order valence-electron chi connectivity index (χ2n) is 9.74. The topological polar surface area (TPSA) is 159 Å². The molecule has 0 unspecified atom stereocenters. The van der Waals surface area contributed by atoms with Gasteiger partial charge in [0.05, 0.1) is 51.7 Å². The van der Waals surface area contributed by atoms with Crippen LogP contribution in [0.2, 0.25) is 0 Å². The summed E-state index contributed by atoms with van der Waals surface area (Å²) >= 11 is 0. The van der Waals surface area contributed by atoms with Crippen molar-refractivity contribution < 1.29 is 55.4 Å². The van der Waals surface area contributed by atoms with Gasteiger partial charge in [0.1, 0.15) is 0 Å². The molecule has 0 fully saturated rings. The van der Waals surface area contributed by atoms with E-state index >= 15 is 0 Å². The Morgan fingerprint density at radius 1 is 0.974 bits per heavy atom. The molecule has 1 atom stereocenters. The van der Waals surface area contributed by atoms with Crippen molar-refractivity contribution in [1.29, 1.82) is 0 Å². The van der Waals surface area contributed by atoms with Crippen LogP contribution in [0, 0.1) is 0 Å². The SMILES string of the molecule is CCCCCCCCOC(=O)Nc1ccc(S(=O)(=O)N[C@H](CC(=O)O)C[N+](C)(C)C)cc1.O=C(O)C(F)(F)F. The average Bonchev–Trinajstić information content (AvgIpc) is 2.76. The molecule has 0 saturated heterocycles. The zero-order valence-electron chi connectivity index (χ0n) is 22.6. The Morgan fingerprint density at radius 2 is 1.49 bits per heavy atom. The molecule has 0 aliphatic carbocycles. The lowest BCUT2D eigenvalue weighted by Gasteiger charge is -2.29. The van der Waals surface area contributed by atoms with Gasteiger partial charge in [0, 0.05) is 5.69 Å². The van der Waals surface area contributed by atoms with Crippen molar-refractivity contribution >= 4 is 33.7 Å². The van der Waals surface area contributed by atoms with Gasteiger partial charge < -0.3 is 19.4 Å². The maximum atomic E-state index is 12.7.